The van der Waals surface area contributed by atoms with Crippen molar-refractivity contribution in [3.63, 3.8) is 0 Å². The Balaban J connectivity index is 3.82. The van der Waals surface area contributed by atoms with Gasteiger partial charge in [-0.25, -0.2) is 4.79 Å². The normalized spacial score (nSPS) is 11.3. The summed E-state index contributed by atoms with van der Waals surface area (Å²) in [7, 11) is 0. The lowest BCUT2D eigenvalue weighted by Crippen LogP contribution is -1.96. The second-order valence-electron chi connectivity index (χ2n) is 0.819. The van der Waals surface area contributed by atoms with E-state index in [-0.39, 0.29) is 0 Å². The number of aliphatic carboxylic acids is 1. The van der Waals surface area contributed by atoms with Crippen LogP contribution in [0.15, 0.2) is 11.2 Å². The van der Waals surface area contributed by atoms with E-state index in [4.69, 9.17) is 10.2 Å². The standard InChI is InChI=1S/C3H4O3S/c4-2(1-7)3(5)6/h1,4,7H,(H,5,6). The zero-order valence-electron chi connectivity index (χ0n) is 3.33. The lowest BCUT2D eigenvalue weighted by Gasteiger charge is -1.82. The zero-order valence-corrected chi connectivity index (χ0v) is 4.22. The van der Waals surface area contributed by atoms with Gasteiger partial charge in [0.25, 0.3) is 0 Å². The number of aliphatic hydroxyl groups is 1. The van der Waals surface area contributed by atoms with Gasteiger partial charge in [0.15, 0.2) is 0 Å². The topological polar surface area (TPSA) is 57.5 Å². The number of carboxylic acid groups (broad SMARTS) is 1. The van der Waals surface area contributed by atoms with E-state index < -0.39 is 11.7 Å². The molecule has 0 spiro atoms. The van der Waals surface area contributed by atoms with Crippen LogP contribution in [0.1, 0.15) is 0 Å². The summed E-state index contributed by atoms with van der Waals surface area (Å²) in [4.78, 5) is 9.56. The molecule has 0 saturated heterocycles. The summed E-state index contributed by atoms with van der Waals surface area (Å²) in [5.74, 6) is -2.11. The summed E-state index contributed by atoms with van der Waals surface area (Å²) in [5.41, 5.74) is 0. The molecule has 0 aromatic heterocycles. The first-order valence-electron chi connectivity index (χ1n) is 1.45. The van der Waals surface area contributed by atoms with Crippen molar-refractivity contribution in [2.75, 3.05) is 0 Å². The fourth-order valence-electron chi connectivity index (χ4n) is 0.0552. The van der Waals surface area contributed by atoms with Crippen LogP contribution in [0.4, 0.5) is 0 Å². The van der Waals surface area contributed by atoms with Crippen molar-refractivity contribution in [2.45, 2.75) is 0 Å². The molecule has 0 amide bonds. The van der Waals surface area contributed by atoms with Gasteiger partial charge in [0.05, 0.1) is 0 Å². The molecule has 0 heterocycles. The zero-order chi connectivity index (χ0) is 5.86. The van der Waals surface area contributed by atoms with Gasteiger partial charge < -0.3 is 10.2 Å². The highest BCUT2D eigenvalue weighted by molar-refractivity contribution is 7.83. The average molecular weight is 120 g/mol. The summed E-state index contributed by atoms with van der Waals surface area (Å²) >= 11 is 3.36. The molecule has 3 nitrogen and oxygen atoms in total. The van der Waals surface area contributed by atoms with Crippen molar-refractivity contribution in [1.82, 2.24) is 0 Å². The summed E-state index contributed by atoms with van der Waals surface area (Å²) in [6.45, 7) is 0. The van der Waals surface area contributed by atoms with Crippen molar-refractivity contribution in [2.24, 2.45) is 0 Å². The fourth-order valence-corrected chi connectivity index (χ4v) is 0.166. The van der Waals surface area contributed by atoms with E-state index in [9.17, 15) is 4.79 Å². The second-order valence-corrected chi connectivity index (χ2v) is 1.08. The van der Waals surface area contributed by atoms with Gasteiger partial charge in [-0.3, -0.25) is 0 Å². The number of thiol groups is 1. The Kier molecular flexibility index (Phi) is 2.29. The van der Waals surface area contributed by atoms with Crippen molar-refractivity contribution in [3.05, 3.63) is 11.2 Å². The molecule has 0 fully saturated rings. The van der Waals surface area contributed by atoms with Crippen LogP contribution in [0, 0.1) is 0 Å². The Labute approximate surface area is 45.7 Å². The third-order valence-corrected chi connectivity index (χ3v) is 0.586. The van der Waals surface area contributed by atoms with E-state index in [1.807, 2.05) is 0 Å². The lowest BCUT2D eigenvalue weighted by atomic mass is 10.6. The van der Waals surface area contributed by atoms with E-state index in [1.165, 1.54) is 0 Å². The van der Waals surface area contributed by atoms with Gasteiger partial charge >= 0.3 is 5.97 Å². The third-order valence-electron chi connectivity index (χ3n) is 0.341. The van der Waals surface area contributed by atoms with Gasteiger partial charge in [0, 0.05) is 5.41 Å². The smallest absolute Gasteiger partial charge is 0.371 e. The van der Waals surface area contributed by atoms with Crippen LogP contribution in [-0.2, 0) is 4.79 Å². The Morgan fingerprint density at radius 1 is 1.57 bits per heavy atom. The van der Waals surface area contributed by atoms with Crippen molar-refractivity contribution in [3.8, 4) is 0 Å². The largest absolute Gasteiger partial charge is 0.501 e. The molecular formula is C3H4O3S. The molecule has 2 N–H and O–H groups in total. The number of aliphatic hydroxyl groups excluding tert-OH is 1. The number of carboxylic acids is 1. The minimum atomic E-state index is -1.37. The summed E-state index contributed by atoms with van der Waals surface area (Å²) in [6, 6.07) is 0. The van der Waals surface area contributed by atoms with Crippen molar-refractivity contribution < 1.29 is 15.0 Å². The van der Waals surface area contributed by atoms with E-state index in [0.29, 0.717) is 0 Å². The van der Waals surface area contributed by atoms with Crippen LogP contribution in [-0.4, -0.2) is 16.2 Å². The molecule has 0 bridgehead atoms. The molecule has 0 radical (unpaired) electrons. The number of hydrogen-bond donors (Lipinski definition) is 3. The van der Waals surface area contributed by atoms with E-state index >= 15 is 0 Å². The Bertz CT molecular complexity index is 107. The molecule has 40 valence electrons. The van der Waals surface area contributed by atoms with Gasteiger partial charge in [0.2, 0.25) is 5.76 Å². The van der Waals surface area contributed by atoms with Gasteiger partial charge in [-0.1, -0.05) is 0 Å². The first-order valence-corrected chi connectivity index (χ1v) is 1.96. The van der Waals surface area contributed by atoms with Crippen LogP contribution >= 0.6 is 12.6 Å². The van der Waals surface area contributed by atoms with Crippen LogP contribution in [0.25, 0.3) is 0 Å². The van der Waals surface area contributed by atoms with Crippen molar-refractivity contribution >= 4 is 18.6 Å². The molecule has 0 aliphatic heterocycles. The highest BCUT2D eigenvalue weighted by atomic mass is 32.1. The Hall–Kier alpha value is -0.640. The fraction of sp³-hybridized carbons (Fsp3) is 0. The number of rotatable bonds is 1. The first-order chi connectivity index (χ1) is 3.18. The van der Waals surface area contributed by atoms with Crippen LogP contribution in [0.2, 0.25) is 0 Å². The molecule has 0 unspecified atom stereocenters. The number of hydrogen-bond acceptors (Lipinski definition) is 3. The molecule has 0 aliphatic carbocycles. The van der Waals surface area contributed by atoms with Crippen molar-refractivity contribution in [1.29, 1.82) is 0 Å². The summed E-state index contributed by atoms with van der Waals surface area (Å²) in [6.07, 6.45) is 0. The summed E-state index contributed by atoms with van der Waals surface area (Å²) in [5, 5.41) is 16.7. The van der Waals surface area contributed by atoms with Gasteiger partial charge in [0.1, 0.15) is 0 Å². The summed E-state index contributed by atoms with van der Waals surface area (Å²) < 4.78 is 0. The molecule has 0 atom stereocenters. The maximum Gasteiger partial charge on any atom is 0.371 e. The SMILES string of the molecule is O=C(O)C(O)=CS. The molecular weight excluding hydrogens is 116 g/mol. The van der Waals surface area contributed by atoms with E-state index in [2.05, 4.69) is 12.6 Å². The maximum atomic E-state index is 9.56. The minimum absolute atomic E-state index is 0.747. The molecule has 0 aliphatic rings. The van der Waals surface area contributed by atoms with E-state index in [0.717, 1.165) is 5.41 Å². The predicted molar refractivity (Wildman–Crippen MR) is 27.3 cm³/mol. The predicted octanol–water partition coefficient (Wildman–Crippen LogP) is 0.400. The Morgan fingerprint density at radius 3 is 2.00 bits per heavy atom. The maximum absolute atomic E-state index is 9.56. The minimum Gasteiger partial charge on any atom is -0.501 e. The quantitative estimate of drug-likeness (QED) is 0.267. The molecule has 0 saturated carbocycles. The van der Waals surface area contributed by atoms with Gasteiger partial charge in [-0.2, -0.15) is 0 Å². The monoisotopic (exact) mass is 120 g/mol. The highest BCUT2D eigenvalue weighted by Crippen LogP contribution is 1.87. The average Bonchev–Trinajstić information content (AvgIpc) is 1.65. The van der Waals surface area contributed by atoms with Crippen LogP contribution < -0.4 is 0 Å². The second kappa shape index (κ2) is 2.52. The molecule has 0 aromatic carbocycles. The highest BCUT2D eigenvalue weighted by Gasteiger charge is 1.98. The lowest BCUT2D eigenvalue weighted by molar-refractivity contribution is -0.135. The van der Waals surface area contributed by atoms with E-state index in [1.54, 1.807) is 0 Å². The third kappa shape index (κ3) is 2.11. The number of carbonyl (C=O) groups is 1. The van der Waals surface area contributed by atoms with Gasteiger partial charge in [-0.15, -0.1) is 12.6 Å². The molecule has 4 heteroatoms. The molecule has 0 aromatic rings. The molecule has 7 heavy (non-hydrogen) atoms. The van der Waals surface area contributed by atoms with Gasteiger partial charge in [-0.05, 0) is 0 Å². The Morgan fingerprint density at radius 2 is 2.00 bits per heavy atom. The van der Waals surface area contributed by atoms with Crippen LogP contribution in [0.3, 0.4) is 0 Å². The van der Waals surface area contributed by atoms with Crippen LogP contribution in [0.5, 0.6) is 0 Å². The molecule has 0 rings (SSSR count). The first kappa shape index (κ1) is 6.36.